The molecule has 1 aromatic carbocycles. The lowest BCUT2D eigenvalue weighted by molar-refractivity contribution is 0.303. The van der Waals surface area contributed by atoms with Gasteiger partial charge in [0.05, 0.1) is 5.69 Å². The molecule has 0 saturated carbocycles. The summed E-state index contributed by atoms with van der Waals surface area (Å²) in [6.07, 6.45) is 2.04. The zero-order valence-corrected chi connectivity index (χ0v) is 14.1. The normalized spacial score (nSPS) is 11.7. The molecule has 114 valence electrons. The van der Waals surface area contributed by atoms with E-state index in [1.165, 1.54) is 4.88 Å². The number of aryl methyl sites for hydroxylation is 2. The van der Waals surface area contributed by atoms with Crippen molar-refractivity contribution in [2.24, 2.45) is 5.73 Å². The molecule has 0 saturated heterocycles. The standard InChI is InChI=1S/C17H24N2OS/c1-5-8-13-16(17(3,4)18)21-15(19-13)11-20-14-10-7-6-9-12(14)2/h6-7,9-10H,5,8,11,18H2,1-4H3. The van der Waals surface area contributed by atoms with Gasteiger partial charge in [-0.15, -0.1) is 11.3 Å². The van der Waals surface area contributed by atoms with Crippen molar-refractivity contribution in [1.82, 2.24) is 4.98 Å². The molecule has 0 unspecified atom stereocenters. The Morgan fingerprint density at radius 2 is 2.00 bits per heavy atom. The van der Waals surface area contributed by atoms with Crippen LogP contribution in [0.25, 0.3) is 0 Å². The monoisotopic (exact) mass is 304 g/mol. The second-order valence-electron chi connectivity index (χ2n) is 5.91. The Morgan fingerprint density at radius 1 is 1.29 bits per heavy atom. The smallest absolute Gasteiger partial charge is 0.140 e. The molecule has 2 N–H and O–H groups in total. The van der Waals surface area contributed by atoms with Crippen molar-refractivity contribution < 1.29 is 4.74 Å². The summed E-state index contributed by atoms with van der Waals surface area (Å²) in [7, 11) is 0. The zero-order valence-electron chi connectivity index (χ0n) is 13.3. The largest absolute Gasteiger partial charge is 0.486 e. The summed E-state index contributed by atoms with van der Waals surface area (Å²) in [5.74, 6) is 0.915. The van der Waals surface area contributed by atoms with Crippen molar-refractivity contribution in [3.63, 3.8) is 0 Å². The van der Waals surface area contributed by atoms with Crippen LogP contribution in [0.5, 0.6) is 5.75 Å². The third-order valence-corrected chi connectivity index (χ3v) is 4.67. The van der Waals surface area contributed by atoms with Crippen LogP contribution in [0.2, 0.25) is 0 Å². The van der Waals surface area contributed by atoms with Crippen molar-refractivity contribution in [3.05, 3.63) is 45.4 Å². The highest BCUT2D eigenvalue weighted by atomic mass is 32.1. The van der Waals surface area contributed by atoms with Crippen molar-refractivity contribution in [1.29, 1.82) is 0 Å². The van der Waals surface area contributed by atoms with Crippen LogP contribution in [-0.4, -0.2) is 4.98 Å². The minimum atomic E-state index is -0.344. The topological polar surface area (TPSA) is 48.1 Å². The summed E-state index contributed by atoms with van der Waals surface area (Å²) in [5, 5.41) is 0.996. The van der Waals surface area contributed by atoms with Crippen LogP contribution < -0.4 is 10.5 Å². The van der Waals surface area contributed by atoms with Crippen LogP contribution in [0.4, 0.5) is 0 Å². The van der Waals surface area contributed by atoms with Crippen LogP contribution in [-0.2, 0) is 18.6 Å². The molecule has 1 heterocycles. The number of hydrogen-bond donors (Lipinski definition) is 1. The number of rotatable bonds is 6. The van der Waals surface area contributed by atoms with E-state index in [1.54, 1.807) is 11.3 Å². The van der Waals surface area contributed by atoms with Gasteiger partial charge in [0.2, 0.25) is 0 Å². The van der Waals surface area contributed by atoms with Crippen LogP contribution in [0.1, 0.15) is 48.3 Å². The highest BCUT2D eigenvalue weighted by Gasteiger charge is 2.23. The molecule has 0 radical (unpaired) electrons. The van der Waals surface area contributed by atoms with Gasteiger partial charge in [-0.1, -0.05) is 31.5 Å². The fourth-order valence-corrected chi connectivity index (χ4v) is 3.27. The van der Waals surface area contributed by atoms with E-state index in [9.17, 15) is 0 Å². The Morgan fingerprint density at radius 3 is 2.62 bits per heavy atom. The predicted molar refractivity (Wildman–Crippen MR) is 88.8 cm³/mol. The van der Waals surface area contributed by atoms with E-state index >= 15 is 0 Å². The summed E-state index contributed by atoms with van der Waals surface area (Å²) in [6.45, 7) is 8.78. The fourth-order valence-electron chi connectivity index (χ4n) is 2.23. The van der Waals surface area contributed by atoms with Crippen molar-refractivity contribution >= 4 is 11.3 Å². The summed E-state index contributed by atoms with van der Waals surface area (Å²) in [4.78, 5) is 5.90. The van der Waals surface area contributed by atoms with Gasteiger partial charge >= 0.3 is 0 Å². The molecular formula is C17H24N2OS. The number of nitrogens with two attached hydrogens (primary N) is 1. The molecule has 21 heavy (non-hydrogen) atoms. The van der Waals surface area contributed by atoms with E-state index in [4.69, 9.17) is 15.5 Å². The van der Waals surface area contributed by atoms with Gasteiger partial charge in [-0.3, -0.25) is 0 Å². The summed E-state index contributed by atoms with van der Waals surface area (Å²) in [6, 6.07) is 8.04. The number of thiazole rings is 1. The second kappa shape index (κ2) is 6.58. The maximum atomic E-state index is 6.26. The van der Waals surface area contributed by atoms with E-state index in [1.807, 2.05) is 45.0 Å². The molecule has 0 amide bonds. The third-order valence-electron chi connectivity index (χ3n) is 3.26. The van der Waals surface area contributed by atoms with Gasteiger partial charge in [0, 0.05) is 10.4 Å². The Kier molecular flexibility index (Phi) is 5.01. The van der Waals surface area contributed by atoms with E-state index < -0.39 is 0 Å². The molecule has 0 fully saturated rings. The fraction of sp³-hybridized carbons (Fsp3) is 0.471. The number of para-hydroxylation sites is 1. The highest BCUT2D eigenvalue weighted by molar-refractivity contribution is 7.11. The van der Waals surface area contributed by atoms with Crippen LogP contribution in [0, 0.1) is 6.92 Å². The lowest BCUT2D eigenvalue weighted by Crippen LogP contribution is -2.28. The molecule has 0 bridgehead atoms. The maximum Gasteiger partial charge on any atom is 0.140 e. The molecule has 0 aliphatic rings. The molecule has 1 aromatic heterocycles. The molecule has 4 heteroatoms. The molecular weight excluding hydrogens is 280 g/mol. The van der Waals surface area contributed by atoms with E-state index in [0.29, 0.717) is 6.61 Å². The molecule has 0 aliphatic carbocycles. The molecule has 0 atom stereocenters. The highest BCUT2D eigenvalue weighted by Crippen LogP contribution is 2.30. The maximum absolute atomic E-state index is 6.26. The molecule has 0 spiro atoms. The lowest BCUT2D eigenvalue weighted by Gasteiger charge is -2.17. The molecule has 2 aromatic rings. The molecule has 3 nitrogen and oxygen atoms in total. The summed E-state index contributed by atoms with van der Waals surface area (Å²) in [5.41, 5.74) is 8.18. The Bertz CT molecular complexity index is 599. The number of hydrogen-bond acceptors (Lipinski definition) is 4. The minimum absolute atomic E-state index is 0.344. The summed E-state index contributed by atoms with van der Waals surface area (Å²) >= 11 is 1.67. The lowest BCUT2D eigenvalue weighted by atomic mass is 10.0. The number of benzene rings is 1. The van der Waals surface area contributed by atoms with Crippen LogP contribution >= 0.6 is 11.3 Å². The molecule has 2 rings (SSSR count). The first-order valence-corrected chi connectivity index (χ1v) is 8.19. The average molecular weight is 304 g/mol. The van der Waals surface area contributed by atoms with Gasteiger partial charge in [0.25, 0.3) is 0 Å². The average Bonchev–Trinajstić information content (AvgIpc) is 2.81. The SMILES string of the molecule is CCCc1nc(COc2ccccc2C)sc1C(C)(C)N. The van der Waals surface area contributed by atoms with Gasteiger partial charge in [0.1, 0.15) is 17.4 Å². The van der Waals surface area contributed by atoms with Gasteiger partial charge in [-0.05, 0) is 38.8 Å². The van der Waals surface area contributed by atoms with Crippen LogP contribution in [0.15, 0.2) is 24.3 Å². The van der Waals surface area contributed by atoms with E-state index in [2.05, 4.69) is 6.92 Å². The first-order chi connectivity index (χ1) is 9.91. The van der Waals surface area contributed by atoms with Crippen molar-refractivity contribution in [2.75, 3.05) is 0 Å². The van der Waals surface area contributed by atoms with Gasteiger partial charge in [0.15, 0.2) is 0 Å². The predicted octanol–water partition coefficient (Wildman–Crippen LogP) is 4.18. The number of nitrogens with zero attached hydrogens (tertiary/aromatic N) is 1. The first kappa shape index (κ1) is 16.0. The number of aromatic nitrogens is 1. The van der Waals surface area contributed by atoms with E-state index in [0.717, 1.165) is 34.9 Å². The third kappa shape index (κ3) is 4.05. The quantitative estimate of drug-likeness (QED) is 0.871. The van der Waals surface area contributed by atoms with Gasteiger partial charge in [-0.25, -0.2) is 4.98 Å². The Hall–Kier alpha value is -1.39. The van der Waals surface area contributed by atoms with Crippen LogP contribution in [0.3, 0.4) is 0 Å². The Balaban J connectivity index is 2.16. The van der Waals surface area contributed by atoms with Gasteiger partial charge in [-0.2, -0.15) is 0 Å². The summed E-state index contributed by atoms with van der Waals surface area (Å²) < 4.78 is 5.89. The van der Waals surface area contributed by atoms with Crippen molar-refractivity contribution in [3.8, 4) is 5.75 Å². The Labute approximate surface area is 131 Å². The number of ether oxygens (including phenoxy) is 1. The van der Waals surface area contributed by atoms with Gasteiger partial charge < -0.3 is 10.5 Å². The zero-order chi connectivity index (χ0) is 15.5. The minimum Gasteiger partial charge on any atom is -0.486 e. The van der Waals surface area contributed by atoms with Crippen molar-refractivity contribution in [2.45, 2.75) is 52.7 Å². The van der Waals surface area contributed by atoms with E-state index in [-0.39, 0.29) is 5.54 Å². The molecule has 0 aliphatic heterocycles. The first-order valence-electron chi connectivity index (χ1n) is 7.38. The second-order valence-corrected chi connectivity index (χ2v) is 6.99.